The lowest BCUT2D eigenvalue weighted by molar-refractivity contribution is 0.318. The van der Waals surface area contributed by atoms with E-state index in [9.17, 15) is 0 Å². The molecule has 1 saturated heterocycles. The molecule has 5 heteroatoms. The number of hydrogen-bond acceptors (Lipinski definition) is 4. The number of hydrogen-bond donors (Lipinski definition) is 2. The zero-order chi connectivity index (χ0) is 13.8. The molecule has 1 aromatic rings. The maximum atomic E-state index is 8.85. The number of amidine groups is 1. The SMILES string of the molecule is CN1CCC(CN(C)c2ccccc2C(N)=NO)C1. The number of likely N-dealkylation sites (tertiary alicyclic amines) is 1. The Labute approximate surface area is 114 Å². The van der Waals surface area contributed by atoms with Gasteiger partial charge in [-0.05, 0) is 38.1 Å². The first-order chi connectivity index (χ1) is 9.11. The first-order valence-electron chi connectivity index (χ1n) is 6.58. The monoisotopic (exact) mass is 262 g/mol. The highest BCUT2D eigenvalue weighted by atomic mass is 16.4. The van der Waals surface area contributed by atoms with Crippen LogP contribution in [0.15, 0.2) is 29.4 Å². The molecule has 19 heavy (non-hydrogen) atoms. The minimum absolute atomic E-state index is 0.158. The van der Waals surface area contributed by atoms with Gasteiger partial charge >= 0.3 is 0 Å². The Balaban J connectivity index is 2.12. The largest absolute Gasteiger partial charge is 0.409 e. The summed E-state index contributed by atoms with van der Waals surface area (Å²) in [5.74, 6) is 0.835. The van der Waals surface area contributed by atoms with E-state index in [1.807, 2.05) is 24.3 Å². The lowest BCUT2D eigenvalue weighted by atomic mass is 10.1. The highest BCUT2D eigenvalue weighted by Crippen LogP contribution is 2.22. The highest BCUT2D eigenvalue weighted by molar-refractivity contribution is 6.02. The predicted molar refractivity (Wildman–Crippen MR) is 77.8 cm³/mol. The van der Waals surface area contributed by atoms with Crippen molar-refractivity contribution in [3.63, 3.8) is 0 Å². The second kappa shape index (κ2) is 5.93. The van der Waals surface area contributed by atoms with Crippen LogP contribution in [0.3, 0.4) is 0 Å². The average molecular weight is 262 g/mol. The number of benzene rings is 1. The van der Waals surface area contributed by atoms with Crippen LogP contribution < -0.4 is 10.6 Å². The fourth-order valence-corrected chi connectivity index (χ4v) is 2.74. The van der Waals surface area contributed by atoms with Gasteiger partial charge in [-0.25, -0.2) is 0 Å². The molecule has 0 spiro atoms. The first kappa shape index (κ1) is 13.7. The van der Waals surface area contributed by atoms with E-state index in [-0.39, 0.29) is 5.84 Å². The van der Waals surface area contributed by atoms with E-state index in [4.69, 9.17) is 10.9 Å². The van der Waals surface area contributed by atoms with E-state index in [0.29, 0.717) is 5.92 Å². The van der Waals surface area contributed by atoms with Gasteiger partial charge in [0.05, 0.1) is 0 Å². The van der Waals surface area contributed by atoms with Crippen molar-refractivity contribution in [1.82, 2.24) is 4.90 Å². The number of rotatable bonds is 4. The van der Waals surface area contributed by atoms with Crippen molar-refractivity contribution in [2.75, 3.05) is 38.6 Å². The van der Waals surface area contributed by atoms with E-state index in [2.05, 4.69) is 29.1 Å². The third-order valence-electron chi connectivity index (χ3n) is 3.72. The Morgan fingerprint density at radius 1 is 1.53 bits per heavy atom. The van der Waals surface area contributed by atoms with Crippen LogP contribution >= 0.6 is 0 Å². The molecule has 104 valence electrons. The van der Waals surface area contributed by atoms with Crippen LogP contribution in [-0.2, 0) is 0 Å². The third kappa shape index (κ3) is 3.17. The van der Waals surface area contributed by atoms with Gasteiger partial charge in [-0.15, -0.1) is 0 Å². The molecule has 1 heterocycles. The van der Waals surface area contributed by atoms with Crippen molar-refractivity contribution in [3.05, 3.63) is 29.8 Å². The minimum atomic E-state index is 0.158. The van der Waals surface area contributed by atoms with Gasteiger partial charge in [-0.1, -0.05) is 17.3 Å². The number of para-hydroxylation sites is 1. The summed E-state index contributed by atoms with van der Waals surface area (Å²) in [7, 11) is 4.21. The quantitative estimate of drug-likeness (QED) is 0.370. The van der Waals surface area contributed by atoms with Crippen molar-refractivity contribution >= 4 is 11.5 Å². The molecular weight excluding hydrogens is 240 g/mol. The zero-order valence-corrected chi connectivity index (χ0v) is 11.6. The van der Waals surface area contributed by atoms with Gasteiger partial charge in [-0.3, -0.25) is 0 Å². The summed E-state index contributed by atoms with van der Waals surface area (Å²) in [5, 5.41) is 12.0. The minimum Gasteiger partial charge on any atom is -0.409 e. The lowest BCUT2D eigenvalue weighted by Gasteiger charge is -2.25. The summed E-state index contributed by atoms with van der Waals surface area (Å²) in [6.45, 7) is 3.29. The molecule has 0 aliphatic carbocycles. The predicted octanol–water partition coefficient (Wildman–Crippen LogP) is 1.17. The molecule has 0 bridgehead atoms. The van der Waals surface area contributed by atoms with Gasteiger partial charge in [0.1, 0.15) is 0 Å². The Bertz CT molecular complexity index is 461. The maximum absolute atomic E-state index is 8.85. The van der Waals surface area contributed by atoms with Crippen molar-refractivity contribution < 1.29 is 5.21 Å². The van der Waals surface area contributed by atoms with Crippen molar-refractivity contribution in [2.45, 2.75) is 6.42 Å². The van der Waals surface area contributed by atoms with Crippen LogP contribution in [0.4, 0.5) is 5.69 Å². The summed E-state index contributed by atoms with van der Waals surface area (Å²) in [5.41, 5.74) is 7.51. The van der Waals surface area contributed by atoms with E-state index in [1.54, 1.807) is 0 Å². The summed E-state index contributed by atoms with van der Waals surface area (Å²) in [6.07, 6.45) is 1.23. The Kier molecular flexibility index (Phi) is 4.27. The number of anilines is 1. The summed E-state index contributed by atoms with van der Waals surface area (Å²) in [6, 6.07) is 7.75. The molecule has 5 nitrogen and oxygen atoms in total. The highest BCUT2D eigenvalue weighted by Gasteiger charge is 2.21. The maximum Gasteiger partial charge on any atom is 0.172 e. The number of oxime groups is 1. The zero-order valence-electron chi connectivity index (χ0n) is 11.6. The average Bonchev–Trinajstić information content (AvgIpc) is 2.83. The Morgan fingerprint density at radius 3 is 2.89 bits per heavy atom. The molecule has 1 atom stereocenters. The van der Waals surface area contributed by atoms with Gasteiger partial charge in [0, 0.05) is 31.4 Å². The lowest BCUT2D eigenvalue weighted by Crippen LogP contribution is -2.29. The summed E-state index contributed by atoms with van der Waals surface area (Å²) >= 11 is 0. The molecule has 1 aromatic carbocycles. The molecule has 0 aromatic heterocycles. The van der Waals surface area contributed by atoms with Crippen LogP contribution in [0.5, 0.6) is 0 Å². The van der Waals surface area contributed by atoms with Gasteiger partial charge in [0.2, 0.25) is 0 Å². The second-order valence-electron chi connectivity index (χ2n) is 5.30. The Morgan fingerprint density at radius 2 is 2.26 bits per heavy atom. The van der Waals surface area contributed by atoms with Crippen LogP contribution in [0.25, 0.3) is 0 Å². The third-order valence-corrected chi connectivity index (χ3v) is 3.72. The van der Waals surface area contributed by atoms with Crippen molar-refractivity contribution in [1.29, 1.82) is 0 Å². The molecule has 0 amide bonds. The van der Waals surface area contributed by atoms with Crippen LogP contribution in [0.2, 0.25) is 0 Å². The standard InChI is InChI=1S/C14H22N4O/c1-17-8-7-11(9-17)10-18(2)13-6-4-3-5-12(13)14(15)16-19/h3-6,11,19H,7-10H2,1-2H3,(H2,15,16). The molecule has 2 rings (SSSR count). The number of nitrogens with zero attached hydrogens (tertiary/aromatic N) is 3. The fourth-order valence-electron chi connectivity index (χ4n) is 2.74. The molecular formula is C14H22N4O. The van der Waals surface area contributed by atoms with Crippen LogP contribution in [0.1, 0.15) is 12.0 Å². The van der Waals surface area contributed by atoms with Gasteiger partial charge in [-0.2, -0.15) is 0 Å². The molecule has 1 fully saturated rings. The van der Waals surface area contributed by atoms with Crippen LogP contribution in [0, 0.1) is 5.92 Å². The van der Waals surface area contributed by atoms with E-state index < -0.39 is 0 Å². The first-order valence-corrected chi connectivity index (χ1v) is 6.58. The number of nitrogens with two attached hydrogens (primary N) is 1. The van der Waals surface area contributed by atoms with Gasteiger partial charge in [0.25, 0.3) is 0 Å². The van der Waals surface area contributed by atoms with Crippen LogP contribution in [-0.4, -0.2) is 49.7 Å². The fraction of sp³-hybridized carbons (Fsp3) is 0.500. The smallest absolute Gasteiger partial charge is 0.172 e. The van der Waals surface area contributed by atoms with E-state index in [0.717, 1.165) is 24.3 Å². The molecule has 1 unspecified atom stereocenters. The topological polar surface area (TPSA) is 65.1 Å². The molecule has 0 radical (unpaired) electrons. The molecule has 1 aliphatic rings. The van der Waals surface area contributed by atoms with Crippen molar-refractivity contribution in [3.8, 4) is 0 Å². The van der Waals surface area contributed by atoms with Crippen molar-refractivity contribution in [2.24, 2.45) is 16.8 Å². The Hall–Kier alpha value is -1.75. The van der Waals surface area contributed by atoms with E-state index >= 15 is 0 Å². The summed E-state index contributed by atoms with van der Waals surface area (Å²) < 4.78 is 0. The normalized spacial score (nSPS) is 20.7. The molecule has 1 aliphatic heterocycles. The van der Waals surface area contributed by atoms with Gasteiger partial charge < -0.3 is 20.7 Å². The molecule has 3 N–H and O–H groups in total. The molecule has 0 saturated carbocycles. The van der Waals surface area contributed by atoms with E-state index in [1.165, 1.54) is 13.0 Å². The van der Waals surface area contributed by atoms with Gasteiger partial charge in [0.15, 0.2) is 5.84 Å². The second-order valence-corrected chi connectivity index (χ2v) is 5.30. The summed E-state index contributed by atoms with van der Waals surface area (Å²) in [4.78, 5) is 4.55.